The Morgan fingerprint density at radius 2 is 1.66 bits per heavy atom. The van der Waals surface area contributed by atoms with Crippen LogP contribution in [-0.2, 0) is 17.8 Å². The van der Waals surface area contributed by atoms with Crippen molar-refractivity contribution in [2.45, 2.75) is 37.9 Å². The average molecular weight is 427 g/mol. The van der Waals surface area contributed by atoms with E-state index in [-0.39, 0.29) is 18.3 Å². The topological polar surface area (TPSA) is 73.3 Å². The predicted octanol–water partition coefficient (Wildman–Crippen LogP) is 3.38. The zero-order chi connectivity index (χ0) is 21.8. The Kier molecular flexibility index (Phi) is 4.43. The zero-order valence-corrected chi connectivity index (χ0v) is 17.9. The van der Waals surface area contributed by atoms with Gasteiger partial charge in [0.05, 0.1) is 11.0 Å². The Balaban J connectivity index is 1.28. The summed E-state index contributed by atoms with van der Waals surface area (Å²) in [6.07, 6.45) is 2.87. The van der Waals surface area contributed by atoms with Gasteiger partial charge in [0.15, 0.2) is 0 Å². The summed E-state index contributed by atoms with van der Waals surface area (Å²) >= 11 is 0. The summed E-state index contributed by atoms with van der Waals surface area (Å²) in [5.74, 6) is -0.500. The van der Waals surface area contributed by atoms with E-state index in [1.54, 1.807) is 0 Å². The van der Waals surface area contributed by atoms with Crippen molar-refractivity contribution in [3.63, 3.8) is 0 Å². The molecule has 6 heteroatoms. The standard InChI is InChI=1S/C26H26N4O2/c27-24(31)16-29-21-9-1-2-10-22(21)30(26(29)32)19-11-13-28(14-12-19)23-15-18-7-3-5-17-6-4-8-20(23)25(17)18/h1-10,19,23H,11-16H2,(H2,27,31)/t23-/m1/s1. The molecule has 0 unspecified atom stereocenters. The summed E-state index contributed by atoms with van der Waals surface area (Å²) in [6, 6.07) is 21.5. The molecule has 2 N–H and O–H groups in total. The molecule has 6 nitrogen and oxygen atoms in total. The van der Waals surface area contributed by atoms with E-state index in [1.807, 2.05) is 28.8 Å². The fourth-order valence-electron chi connectivity index (χ4n) is 5.89. The van der Waals surface area contributed by atoms with Crippen molar-refractivity contribution >= 4 is 27.7 Å². The van der Waals surface area contributed by atoms with Gasteiger partial charge in [0.25, 0.3) is 0 Å². The Morgan fingerprint density at radius 3 is 2.41 bits per heavy atom. The Hall–Kier alpha value is -3.38. The third kappa shape index (κ3) is 2.90. The summed E-state index contributed by atoms with van der Waals surface area (Å²) in [6.45, 7) is 1.80. The van der Waals surface area contributed by atoms with Crippen molar-refractivity contribution in [2.75, 3.05) is 13.1 Å². The number of hydrogen-bond donors (Lipinski definition) is 1. The summed E-state index contributed by atoms with van der Waals surface area (Å²) in [5, 5.41) is 2.75. The van der Waals surface area contributed by atoms with Crippen molar-refractivity contribution in [3.05, 3.63) is 82.3 Å². The molecule has 0 saturated carbocycles. The van der Waals surface area contributed by atoms with Crippen molar-refractivity contribution in [3.8, 4) is 0 Å². The van der Waals surface area contributed by atoms with Gasteiger partial charge in [-0.3, -0.25) is 18.8 Å². The van der Waals surface area contributed by atoms with Crippen LogP contribution in [0.2, 0.25) is 0 Å². The van der Waals surface area contributed by atoms with Gasteiger partial charge in [-0.05, 0) is 53.3 Å². The maximum atomic E-state index is 13.2. The van der Waals surface area contributed by atoms with Gasteiger partial charge in [-0.1, -0.05) is 48.5 Å². The monoisotopic (exact) mass is 426 g/mol. The van der Waals surface area contributed by atoms with Gasteiger partial charge in [-0.15, -0.1) is 0 Å². The fourth-order valence-corrected chi connectivity index (χ4v) is 5.89. The number of carbonyl (C=O) groups excluding carboxylic acids is 1. The van der Waals surface area contributed by atoms with E-state index in [0.29, 0.717) is 6.04 Å². The first-order valence-electron chi connectivity index (χ1n) is 11.3. The maximum Gasteiger partial charge on any atom is 0.329 e. The number of amides is 1. The van der Waals surface area contributed by atoms with Crippen LogP contribution in [0.1, 0.15) is 36.1 Å². The Bertz CT molecular complexity index is 1400. The van der Waals surface area contributed by atoms with E-state index in [1.165, 1.54) is 26.5 Å². The number of hydrogen-bond acceptors (Lipinski definition) is 3. The lowest BCUT2D eigenvalue weighted by Crippen LogP contribution is -2.40. The molecule has 2 aliphatic rings. The summed E-state index contributed by atoms with van der Waals surface area (Å²) in [7, 11) is 0. The van der Waals surface area contributed by atoms with Crippen LogP contribution in [0.4, 0.5) is 0 Å². The van der Waals surface area contributed by atoms with Gasteiger partial charge in [0.2, 0.25) is 5.91 Å². The molecular formula is C26H26N4O2. The lowest BCUT2D eigenvalue weighted by molar-refractivity contribution is -0.118. The molecule has 1 aliphatic heterocycles. The number of benzene rings is 3. The minimum Gasteiger partial charge on any atom is -0.368 e. The Morgan fingerprint density at radius 1 is 0.938 bits per heavy atom. The zero-order valence-electron chi connectivity index (χ0n) is 17.9. The molecule has 4 aromatic rings. The summed E-state index contributed by atoms with van der Waals surface area (Å²) in [4.78, 5) is 27.4. The van der Waals surface area contributed by atoms with Crippen LogP contribution < -0.4 is 11.4 Å². The number of nitrogens with zero attached hydrogens (tertiary/aromatic N) is 3. The number of piperidine rings is 1. The molecule has 32 heavy (non-hydrogen) atoms. The second-order valence-electron chi connectivity index (χ2n) is 9.04. The number of nitrogens with two attached hydrogens (primary N) is 1. The molecule has 6 rings (SSSR count). The van der Waals surface area contributed by atoms with Crippen molar-refractivity contribution in [1.82, 2.24) is 14.0 Å². The summed E-state index contributed by atoms with van der Waals surface area (Å²) in [5.41, 5.74) is 9.81. The number of fused-ring (bicyclic) bond motifs is 1. The number of carbonyl (C=O) groups is 1. The highest BCUT2D eigenvalue weighted by atomic mass is 16.2. The third-order valence-electron chi connectivity index (χ3n) is 7.28. The lowest BCUT2D eigenvalue weighted by Gasteiger charge is -2.36. The molecule has 0 radical (unpaired) electrons. The highest BCUT2D eigenvalue weighted by Crippen LogP contribution is 2.41. The lowest BCUT2D eigenvalue weighted by atomic mass is 9.99. The SMILES string of the molecule is NC(=O)Cn1c(=O)n(C2CCN([C@@H]3Cc4cccc5cccc3c45)CC2)c2ccccc21. The van der Waals surface area contributed by atoms with Gasteiger partial charge in [0.1, 0.15) is 6.54 Å². The number of para-hydroxylation sites is 2. The molecule has 1 aromatic heterocycles. The highest BCUT2D eigenvalue weighted by molar-refractivity contribution is 5.91. The van der Waals surface area contributed by atoms with E-state index in [2.05, 4.69) is 41.3 Å². The molecule has 162 valence electrons. The first kappa shape index (κ1) is 19.3. The normalized spacial score (nSPS) is 19.2. The first-order chi connectivity index (χ1) is 15.6. The van der Waals surface area contributed by atoms with Gasteiger partial charge in [-0.25, -0.2) is 4.79 Å². The third-order valence-corrected chi connectivity index (χ3v) is 7.28. The van der Waals surface area contributed by atoms with Crippen molar-refractivity contribution in [2.24, 2.45) is 5.73 Å². The molecule has 1 saturated heterocycles. The van der Waals surface area contributed by atoms with Gasteiger partial charge in [0, 0.05) is 25.2 Å². The van der Waals surface area contributed by atoms with Crippen LogP contribution in [-0.4, -0.2) is 33.0 Å². The van der Waals surface area contributed by atoms with E-state index in [0.717, 1.165) is 43.4 Å². The van der Waals surface area contributed by atoms with Crippen LogP contribution in [0.15, 0.2) is 65.5 Å². The van der Waals surface area contributed by atoms with E-state index in [4.69, 9.17) is 5.73 Å². The van der Waals surface area contributed by atoms with Crippen LogP contribution in [0.5, 0.6) is 0 Å². The number of aromatic nitrogens is 2. The predicted molar refractivity (Wildman–Crippen MR) is 126 cm³/mol. The van der Waals surface area contributed by atoms with Crippen LogP contribution in [0.3, 0.4) is 0 Å². The number of primary amides is 1. The van der Waals surface area contributed by atoms with Gasteiger partial charge < -0.3 is 5.73 Å². The molecule has 3 aromatic carbocycles. The largest absolute Gasteiger partial charge is 0.368 e. The average Bonchev–Trinajstić information content (AvgIpc) is 3.31. The van der Waals surface area contributed by atoms with E-state index < -0.39 is 5.91 Å². The Labute approximate surface area is 185 Å². The van der Waals surface area contributed by atoms with Gasteiger partial charge >= 0.3 is 5.69 Å². The second-order valence-corrected chi connectivity index (χ2v) is 9.04. The quantitative estimate of drug-likeness (QED) is 0.544. The molecule has 1 fully saturated rings. The molecule has 0 spiro atoms. The van der Waals surface area contributed by atoms with Gasteiger partial charge in [-0.2, -0.15) is 0 Å². The second kappa shape index (κ2) is 7.35. The highest BCUT2D eigenvalue weighted by Gasteiger charge is 2.33. The minimum absolute atomic E-state index is 0.0878. The summed E-state index contributed by atoms with van der Waals surface area (Å²) < 4.78 is 3.40. The maximum absolute atomic E-state index is 13.2. The molecule has 1 amide bonds. The number of imidazole rings is 1. The van der Waals surface area contributed by atoms with Crippen molar-refractivity contribution in [1.29, 1.82) is 0 Å². The minimum atomic E-state index is -0.500. The molecule has 2 heterocycles. The number of rotatable bonds is 4. The van der Waals surface area contributed by atoms with E-state index in [9.17, 15) is 9.59 Å². The fraction of sp³-hybridized carbons (Fsp3) is 0.308. The molecule has 0 bridgehead atoms. The molecular weight excluding hydrogens is 400 g/mol. The smallest absolute Gasteiger partial charge is 0.329 e. The molecule has 1 atom stereocenters. The van der Waals surface area contributed by atoms with Crippen molar-refractivity contribution < 1.29 is 4.79 Å². The first-order valence-corrected chi connectivity index (χ1v) is 11.3. The van der Waals surface area contributed by atoms with Crippen LogP contribution in [0.25, 0.3) is 21.8 Å². The van der Waals surface area contributed by atoms with E-state index >= 15 is 0 Å². The van der Waals surface area contributed by atoms with Crippen LogP contribution >= 0.6 is 0 Å². The molecule has 1 aliphatic carbocycles. The number of likely N-dealkylation sites (tertiary alicyclic amines) is 1. The van der Waals surface area contributed by atoms with Crippen LogP contribution in [0, 0.1) is 0 Å².